The molecule has 0 saturated heterocycles. The number of carbonyl (C=O) groups is 1. The van der Waals surface area contributed by atoms with Gasteiger partial charge in [-0.1, -0.05) is 32.6 Å². The Morgan fingerprint density at radius 1 is 1.17 bits per heavy atom. The number of amides is 1. The summed E-state index contributed by atoms with van der Waals surface area (Å²) < 4.78 is 0. The lowest BCUT2D eigenvalue weighted by Gasteiger charge is -2.33. The average molecular weight is 252 g/mol. The molecule has 0 heterocycles. The molecule has 0 aromatic heterocycles. The van der Waals surface area contributed by atoms with Gasteiger partial charge in [0.1, 0.15) is 0 Å². The summed E-state index contributed by atoms with van der Waals surface area (Å²) >= 11 is 0. The zero-order chi connectivity index (χ0) is 13.0. The van der Waals surface area contributed by atoms with Gasteiger partial charge in [-0.15, -0.1) is 0 Å². The topological polar surface area (TPSA) is 55.1 Å². The molecular weight excluding hydrogens is 224 g/mol. The fourth-order valence-corrected chi connectivity index (χ4v) is 3.71. The highest BCUT2D eigenvalue weighted by molar-refractivity contribution is 5.79. The van der Waals surface area contributed by atoms with Crippen molar-refractivity contribution in [2.45, 2.75) is 64.3 Å². The van der Waals surface area contributed by atoms with Crippen LogP contribution in [0.1, 0.15) is 58.3 Å². The van der Waals surface area contributed by atoms with Crippen molar-refractivity contribution in [2.75, 3.05) is 6.54 Å². The Morgan fingerprint density at radius 3 is 2.67 bits per heavy atom. The normalized spacial score (nSPS) is 37.2. The van der Waals surface area contributed by atoms with Crippen LogP contribution in [0.2, 0.25) is 0 Å². The second-order valence-corrected chi connectivity index (χ2v) is 6.36. The van der Waals surface area contributed by atoms with Crippen LogP contribution >= 0.6 is 0 Å². The molecule has 4 atom stereocenters. The van der Waals surface area contributed by atoms with E-state index in [-0.39, 0.29) is 11.8 Å². The summed E-state index contributed by atoms with van der Waals surface area (Å²) in [5.74, 6) is 1.64. The molecule has 2 aliphatic rings. The van der Waals surface area contributed by atoms with E-state index in [9.17, 15) is 4.79 Å². The summed E-state index contributed by atoms with van der Waals surface area (Å²) in [6.07, 6.45) is 9.51. The molecule has 0 aliphatic heterocycles. The Kier molecular flexibility index (Phi) is 5.04. The summed E-state index contributed by atoms with van der Waals surface area (Å²) in [5.41, 5.74) is 5.81. The molecule has 3 nitrogen and oxygen atoms in total. The fraction of sp³-hybridized carbons (Fsp3) is 0.933. The number of nitrogens with one attached hydrogen (secondary N) is 1. The molecule has 0 radical (unpaired) electrons. The average Bonchev–Trinajstić information content (AvgIpc) is 2.38. The summed E-state index contributed by atoms with van der Waals surface area (Å²) in [4.78, 5) is 12.4. The Morgan fingerprint density at radius 2 is 1.94 bits per heavy atom. The van der Waals surface area contributed by atoms with Crippen molar-refractivity contribution in [2.24, 2.45) is 23.5 Å². The van der Waals surface area contributed by atoms with E-state index in [0.29, 0.717) is 18.5 Å². The molecule has 0 aromatic rings. The largest absolute Gasteiger partial charge is 0.353 e. The third-order valence-electron chi connectivity index (χ3n) is 4.83. The Balaban J connectivity index is 1.85. The minimum Gasteiger partial charge on any atom is -0.353 e. The van der Waals surface area contributed by atoms with Gasteiger partial charge in [0.25, 0.3) is 0 Å². The monoisotopic (exact) mass is 252 g/mol. The molecule has 1 amide bonds. The zero-order valence-electron chi connectivity index (χ0n) is 11.7. The van der Waals surface area contributed by atoms with Crippen LogP contribution in [-0.2, 0) is 4.79 Å². The molecule has 104 valence electrons. The highest BCUT2D eigenvalue weighted by Crippen LogP contribution is 2.30. The standard InChI is InChI=1S/C15H28N2O/c1-11-5-4-7-13(9-11)17-15(18)14-8-3-2-6-12(14)10-16/h11-14H,2-10,16H2,1H3,(H,17,18). The molecule has 3 N–H and O–H groups in total. The highest BCUT2D eigenvalue weighted by Gasteiger charge is 2.31. The number of hydrogen-bond acceptors (Lipinski definition) is 2. The maximum Gasteiger partial charge on any atom is 0.223 e. The van der Waals surface area contributed by atoms with E-state index in [2.05, 4.69) is 12.2 Å². The number of rotatable bonds is 3. The van der Waals surface area contributed by atoms with Gasteiger partial charge in [-0.25, -0.2) is 0 Å². The first-order valence-corrected chi connectivity index (χ1v) is 7.71. The molecule has 0 bridgehead atoms. The van der Waals surface area contributed by atoms with Crippen LogP contribution in [0.25, 0.3) is 0 Å². The molecule has 0 spiro atoms. The fourth-order valence-electron chi connectivity index (χ4n) is 3.71. The van der Waals surface area contributed by atoms with Gasteiger partial charge in [-0.2, -0.15) is 0 Å². The molecule has 3 heteroatoms. The first-order valence-electron chi connectivity index (χ1n) is 7.71. The van der Waals surface area contributed by atoms with E-state index >= 15 is 0 Å². The van der Waals surface area contributed by atoms with Crippen molar-refractivity contribution >= 4 is 5.91 Å². The van der Waals surface area contributed by atoms with Crippen molar-refractivity contribution in [3.8, 4) is 0 Å². The summed E-state index contributed by atoms with van der Waals surface area (Å²) in [5, 5.41) is 3.29. The van der Waals surface area contributed by atoms with Gasteiger partial charge in [0, 0.05) is 12.0 Å². The van der Waals surface area contributed by atoms with Crippen LogP contribution < -0.4 is 11.1 Å². The molecule has 2 aliphatic carbocycles. The Bertz CT molecular complexity index is 280. The van der Waals surface area contributed by atoms with E-state index in [0.717, 1.165) is 31.6 Å². The Hall–Kier alpha value is -0.570. The second-order valence-electron chi connectivity index (χ2n) is 6.36. The van der Waals surface area contributed by atoms with E-state index in [4.69, 9.17) is 5.73 Å². The van der Waals surface area contributed by atoms with Crippen molar-refractivity contribution in [3.63, 3.8) is 0 Å². The van der Waals surface area contributed by atoms with Crippen molar-refractivity contribution in [1.29, 1.82) is 0 Å². The molecule has 2 rings (SSSR count). The van der Waals surface area contributed by atoms with E-state index in [1.165, 1.54) is 25.7 Å². The van der Waals surface area contributed by atoms with E-state index < -0.39 is 0 Å². The third kappa shape index (κ3) is 3.47. The van der Waals surface area contributed by atoms with Crippen molar-refractivity contribution in [1.82, 2.24) is 5.32 Å². The minimum atomic E-state index is 0.181. The third-order valence-corrected chi connectivity index (χ3v) is 4.83. The summed E-state index contributed by atoms with van der Waals surface area (Å²) in [6, 6.07) is 0.418. The van der Waals surface area contributed by atoms with Gasteiger partial charge < -0.3 is 11.1 Å². The van der Waals surface area contributed by atoms with Gasteiger partial charge in [-0.3, -0.25) is 4.79 Å². The molecule has 18 heavy (non-hydrogen) atoms. The predicted molar refractivity (Wildman–Crippen MR) is 74.1 cm³/mol. The predicted octanol–water partition coefficient (Wildman–Crippen LogP) is 2.45. The lowest BCUT2D eigenvalue weighted by Crippen LogP contribution is -2.45. The first-order chi connectivity index (χ1) is 8.70. The quantitative estimate of drug-likeness (QED) is 0.810. The lowest BCUT2D eigenvalue weighted by molar-refractivity contribution is -0.128. The minimum absolute atomic E-state index is 0.181. The molecule has 2 saturated carbocycles. The maximum atomic E-state index is 12.4. The van der Waals surface area contributed by atoms with Gasteiger partial charge in [0.15, 0.2) is 0 Å². The van der Waals surface area contributed by atoms with Crippen LogP contribution in [0.5, 0.6) is 0 Å². The van der Waals surface area contributed by atoms with Crippen LogP contribution in [0.4, 0.5) is 0 Å². The van der Waals surface area contributed by atoms with Crippen molar-refractivity contribution in [3.05, 3.63) is 0 Å². The van der Waals surface area contributed by atoms with E-state index in [1.54, 1.807) is 0 Å². The molecule has 0 aromatic carbocycles. The molecular formula is C15H28N2O. The number of carbonyl (C=O) groups excluding carboxylic acids is 1. The first kappa shape index (κ1) is 13.9. The van der Waals surface area contributed by atoms with Crippen LogP contribution in [-0.4, -0.2) is 18.5 Å². The highest BCUT2D eigenvalue weighted by atomic mass is 16.2. The lowest BCUT2D eigenvalue weighted by atomic mass is 9.78. The van der Waals surface area contributed by atoms with Gasteiger partial charge in [-0.05, 0) is 44.1 Å². The summed E-state index contributed by atoms with van der Waals surface area (Å²) in [7, 11) is 0. The van der Waals surface area contributed by atoms with Gasteiger partial charge in [0.05, 0.1) is 0 Å². The van der Waals surface area contributed by atoms with Crippen LogP contribution in [0, 0.1) is 17.8 Å². The maximum absolute atomic E-state index is 12.4. The van der Waals surface area contributed by atoms with Crippen LogP contribution in [0.3, 0.4) is 0 Å². The van der Waals surface area contributed by atoms with Crippen LogP contribution in [0.15, 0.2) is 0 Å². The summed E-state index contributed by atoms with van der Waals surface area (Å²) in [6.45, 7) is 2.96. The van der Waals surface area contributed by atoms with Gasteiger partial charge in [0.2, 0.25) is 5.91 Å². The molecule has 2 fully saturated rings. The zero-order valence-corrected chi connectivity index (χ0v) is 11.7. The van der Waals surface area contributed by atoms with Crippen molar-refractivity contribution < 1.29 is 4.79 Å². The van der Waals surface area contributed by atoms with E-state index in [1.807, 2.05) is 0 Å². The number of nitrogens with two attached hydrogens (primary N) is 1. The Labute approximate surface area is 111 Å². The number of hydrogen-bond donors (Lipinski definition) is 2. The second kappa shape index (κ2) is 6.55. The van der Waals surface area contributed by atoms with Gasteiger partial charge >= 0.3 is 0 Å². The smallest absolute Gasteiger partial charge is 0.223 e. The SMILES string of the molecule is CC1CCCC(NC(=O)C2CCCCC2CN)C1. The molecule has 4 unspecified atom stereocenters.